The summed E-state index contributed by atoms with van der Waals surface area (Å²) in [6, 6.07) is 5.94. The van der Waals surface area contributed by atoms with Crippen LogP contribution in [0.3, 0.4) is 0 Å². The van der Waals surface area contributed by atoms with E-state index in [0.717, 1.165) is 38.3 Å². The third-order valence-electron chi connectivity index (χ3n) is 5.19. The van der Waals surface area contributed by atoms with Crippen LogP contribution in [-0.2, 0) is 4.79 Å². The molecule has 0 amide bonds. The summed E-state index contributed by atoms with van der Waals surface area (Å²) in [6.45, 7) is 1.03. The Labute approximate surface area is 178 Å². The number of ether oxygens (including phenoxy) is 1. The van der Waals surface area contributed by atoms with Gasteiger partial charge in [-0.25, -0.2) is 0 Å². The van der Waals surface area contributed by atoms with Gasteiger partial charge >= 0.3 is 6.61 Å². The monoisotopic (exact) mass is 431 g/mol. The zero-order valence-corrected chi connectivity index (χ0v) is 17.0. The molecule has 1 aliphatic heterocycles. The molecule has 0 aliphatic carbocycles. The molecule has 2 aromatic rings. The van der Waals surface area contributed by atoms with Crippen LogP contribution in [-0.4, -0.2) is 58.8 Å². The maximum Gasteiger partial charge on any atom is 0.387 e. The number of nitrogens with one attached hydrogen (secondary N) is 1. The Morgan fingerprint density at radius 3 is 2.94 bits per heavy atom. The van der Waals surface area contributed by atoms with Crippen LogP contribution >= 0.6 is 0 Å². The maximum absolute atomic E-state index is 12.4. The lowest BCUT2D eigenvalue weighted by Gasteiger charge is -2.33. The number of nitrogens with zero attached hydrogens (tertiary/aromatic N) is 4. The molecular formula is C21H23F2N5O3. The number of likely N-dealkylation sites (tertiary alicyclic amines) is 1. The molecule has 0 saturated carbocycles. The highest BCUT2D eigenvalue weighted by Crippen LogP contribution is 2.35. The van der Waals surface area contributed by atoms with E-state index < -0.39 is 6.61 Å². The number of hydrogen-bond donors (Lipinski definition) is 2. The lowest BCUT2D eigenvalue weighted by atomic mass is 10.0. The molecule has 0 spiro atoms. The fourth-order valence-electron chi connectivity index (χ4n) is 3.71. The lowest BCUT2D eigenvalue weighted by Crippen LogP contribution is -2.42. The first-order chi connectivity index (χ1) is 14.9. The second-order valence-corrected chi connectivity index (χ2v) is 7.31. The fraction of sp³-hybridized carbons (Fsp3) is 0.429. The molecule has 1 atom stereocenters. The molecule has 1 fully saturated rings. The molecule has 0 bridgehead atoms. The van der Waals surface area contributed by atoms with Crippen LogP contribution in [0.4, 0.5) is 14.6 Å². The first kappa shape index (κ1) is 22.4. The number of phenolic OH excluding ortho intramolecular Hbond substituents is 1. The summed E-state index contributed by atoms with van der Waals surface area (Å²) in [4.78, 5) is 12.8. The minimum atomic E-state index is -3.00. The molecule has 2 heterocycles. The van der Waals surface area contributed by atoms with Gasteiger partial charge in [0.25, 0.3) is 0 Å². The molecule has 0 radical (unpaired) electrons. The van der Waals surface area contributed by atoms with Crippen molar-refractivity contribution in [2.75, 3.05) is 25.0 Å². The molecular weight excluding hydrogens is 408 g/mol. The highest BCUT2D eigenvalue weighted by atomic mass is 19.3. The highest BCUT2D eigenvalue weighted by molar-refractivity contribution is 5.74. The SMILES string of the molecule is Cc1c(-c2ccc(OC(F)F)cc2O)nnc(NC2CCCN(CCC=O)C2)c1C#N. The third-order valence-corrected chi connectivity index (χ3v) is 5.19. The minimum Gasteiger partial charge on any atom is -0.507 e. The van der Waals surface area contributed by atoms with Gasteiger partial charge in [-0.1, -0.05) is 0 Å². The Hall–Kier alpha value is -3.32. The number of carbonyl (C=O) groups is 1. The molecule has 1 aromatic heterocycles. The van der Waals surface area contributed by atoms with Gasteiger partial charge in [-0.3, -0.25) is 0 Å². The Morgan fingerprint density at radius 2 is 2.26 bits per heavy atom. The fourth-order valence-corrected chi connectivity index (χ4v) is 3.71. The van der Waals surface area contributed by atoms with Crippen LogP contribution in [0.1, 0.15) is 30.4 Å². The third kappa shape index (κ3) is 5.44. The molecule has 3 rings (SSSR count). The van der Waals surface area contributed by atoms with Crippen LogP contribution < -0.4 is 10.1 Å². The smallest absolute Gasteiger partial charge is 0.387 e. The van der Waals surface area contributed by atoms with Crippen molar-refractivity contribution < 1.29 is 23.4 Å². The van der Waals surface area contributed by atoms with Crippen molar-refractivity contribution in [3.63, 3.8) is 0 Å². The summed E-state index contributed by atoms with van der Waals surface area (Å²) in [7, 11) is 0. The van der Waals surface area contributed by atoms with Crippen molar-refractivity contribution in [2.24, 2.45) is 0 Å². The predicted octanol–water partition coefficient (Wildman–Crippen LogP) is 3.10. The summed E-state index contributed by atoms with van der Waals surface area (Å²) in [5, 5.41) is 31.6. The van der Waals surface area contributed by atoms with Crippen LogP contribution in [0.25, 0.3) is 11.3 Å². The van der Waals surface area contributed by atoms with Crippen LogP contribution in [0.2, 0.25) is 0 Å². The van der Waals surface area contributed by atoms with Crippen LogP contribution in [0.5, 0.6) is 11.5 Å². The number of alkyl halides is 2. The van der Waals surface area contributed by atoms with Gasteiger partial charge in [0.05, 0.1) is 0 Å². The number of aromatic hydroxyl groups is 1. The summed E-state index contributed by atoms with van der Waals surface area (Å²) in [6.07, 6.45) is 3.25. The molecule has 10 heteroatoms. The van der Waals surface area contributed by atoms with Crippen molar-refractivity contribution in [2.45, 2.75) is 38.8 Å². The second kappa shape index (κ2) is 10.1. The molecule has 8 nitrogen and oxygen atoms in total. The zero-order chi connectivity index (χ0) is 22.4. The van der Waals surface area contributed by atoms with E-state index in [1.165, 1.54) is 12.1 Å². The Balaban J connectivity index is 1.82. The Kier molecular flexibility index (Phi) is 7.31. The minimum absolute atomic E-state index is 0.0613. The quantitative estimate of drug-likeness (QED) is 0.614. The summed E-state index contributed by atoms with van der Waals surface area (Å²) in [5.74, 6) is -0.140. The number of carbonyl (C=O) groups excluding carboxylic acids is 1. The van der Waals surface area contributed by atoms with Crippen molar-refractivity contribution in [3.8, 4) is 28.8 Å². The maximum atomic E-state index is 12.4. The molecule has 1 aliphatic rings. The first-order valence-corrected chi connectivity index (χ1v) is 9.91. The number of aldehydes is 1. The average Bonchev–Trinajstić information content (AvgIpc) is 2.73. The molecule has 1 unspecified atom stereocenters. The molecule has 1 aromatic carbocycles. The molecule has 1 saturated heterocycles. The first-order valence-electron chi connectivity index (χ1n) is 9.91. The Bertz CT molecular complexity index is 980. The highest BCUT2D eigenvalue weighted by Gasteiger charge is 2.23. The van der Waals surface area contributed by atoms with E-state index in [1.54, 1.807) is 6.92 Å². The van der Waals surface area contributed by atoms with Crippen LogP contribution in [0.15, 0.2) is 18.2 Å². The van der Waals surface area contributed by atoms with Gasteiger partial charge in [0.2, 0.25) is 0 Å². The van der Waals surface area contributed by atoms with Gasteiger partial charge in [0.1, 0.15) is 35.1 Å². The number of hydrogen-bond acceptors (Lipinski definition) is 8. The van der Waals surface area contributed by atoms with Gasteiger partial charge < -0.3 is 24.9 Å². The molecule has 164 valence electrons. The van der Waals surface area contributed by atoms with E-state index in [2.05, 4.69) is 31.2 Å². The molecule has 31 heavy (non-hydrogen) atoms. The average molecular weight is 431 g/mol. The number of halogens is 2. The molecule has 2 N–H and O–H groups in total. The van der Waals surface area contributed by atoms with Crippen molar-refractivity contribution in [1.29, 1.82) is 5.26 Å². The van der Waals surface area contributed by atoms with Crippen molar-refractivity contribution in [1.82, 2.24) is 15.1 Å². The number of aromatic nitrogens is 2. The summed E-state index contributed by atoms with van der Waals surface area (Å²) < 4.78 is 29.0. The second-order valence-electron chi connectivity index (χ2n) is 7.31. The van der Waals surface area contributed by atoms with E-state index in [1.807, 2.05) is 0 Å². The van der Waals surface area contributed by atoms with E-state index in [9.17, 15) is 23.9 Å². The van der Waals surface area contributed by atoms with E-state index in [0.29, 0.717) is 29.9 Å². The van der Waals surface area contributed by atoms with E-state index in [-0.39, 0.29) is 28.8 Å². The van der Waals surface area contributed by atoms with Gasteiger partial charge in [0.15, 0.2) is 5.82 Å². The van der Waals surface area contributed by atoms with Crippen molar-refractivity contribution >= 4 is 12.1 Å². The van der Waals surface area contributed by atoms with Gasteiger partial charge in [-0.2, -0.15) is 14.0 Å². The number of rotatable bonds is 8. The summed E-state index contributed by atoms with van der Waals surface area (Å²) in [5.41, 5.74) is 1.33. The number of nitriles is 1. The number of benzene rings is 1. The van der Waals surface area contributed by atoms with Gasteiger partial charge in [-0.15, -0.1) is 10.2 Å². The van der Waals surface area contributed by atoms with Crippen LogP contribution in [0, 0.1) is 18.3 Å². The number of piperidine rings is 1. The van der Waals surface area contributed by atoms with Gasteiger partial charge in [-0.05, 0) is 44.0 Å². The standard InChI is InChI=1S/C21H23F2N5O3/c1-13-17(11-24)20(25-14-4-2-7-28(12-14)8-3-9-29)27-26-19(13)16-6-5-15(10-18(16)30)31-21(22)23/h5-6,9-10,14,21,30H,2-4,7-8,12H2,1H3,(H,25,27). The van der Waals surface area contributed by atoms with Crippen molar-refractivity contribution in [3.05, 3.63) is 29.3 Å². The zero-order valence-electron chi connectivity index (χ0n) is 17.0. The topological polar surface area (TPSA) is 111 Å². The Morgan fingerprint density at radius 1 is 1.45 bits per heavy atom. The predicted molar refractivity (Wildman–Crippen MR) is 109 cm³/mol. The summed E-state index contributed by atoms with van der Waals surface area (Å²) >= 11 is 0. The van der Waals surface area contributed by atoms with E-state index >= 15 is 0 Å². The normalized spacial score (nSPS) is 16.7. The largest absolute Gasteiger partial charge is 0.507 e. The van der Waals surface area contributed by atoms with Gasteiger partial charge in [0, 0.05) is 37.2 Å². The number of phenols is 1. The lowest BCUT2D eigenvalue weighted by molar-refractivity contribution is -0.108. The number of anilines is 1. The van der Waals surface area contributed by atoms with E-state index in [4.69, 9.17) is 0 Å².